The van der Waals surface area contributed by atoms with E-state index in [-0.39, 0.29) is 0 Å². The lowest BCUT2D eigenvalue weighted by molar-refractivity contribution is 0.324. The van der Waals surface area contributed by atoms with Crippen LogP contribution in [0, 0.1) is 6.92 Å². The van der Waals surface area contributed by atoms with E-state index in [1.807, 2.05) is 30.8 Å². The van der Waals surface area contributed by atoms with Gasteiger partial charge in [0.1, 0.15) is 21.9 Å². The predicted molar refractivity (Wildman–Crippen MR) is 117 cm³/mol. The van der Waals surface area contributed by atoms with Gasteiger partial charge in [-0.1, -0.05) is 26.0 Å². The molecule has 3 aromatic rings. The fourth-order valence-corrected chi connectivity index (χ4v) is 5.26. The van der Waals surface area contributed by atoms with E-state index in [1.165, 1.54) is 21.4 Å². The zero-order valence-electron chi connectivity index (χ0n) is 16.5. The molecule has 0 N–H and O–H groups in total. The normalized spacial score (nSPS) is 11.4. The lowest BCUT2D eigenvalue weighted by Crippen LogP contribution is -2.25. The number of thiophene rings is 1. The highest BCUT2D eigenvalue weighted by atomic mass is 32.2. The van der Waals surface area contributed by atoms with Gasteiger partial charge in [0.2, 0.25) is 0 Å². The van der Waals surface area contributed by atoms with Crippen molar-refractivity contribution >= 4 is 33.3 Å². The smallest absolute Gasteiger partial charge is 0.128 e. The molecule has 0 aliphatic heterocycles. The molecule has 0 saturated carbocycles. The van der Waals surface area contributed by atoms with Crippen LogP contribution in [0.3, 0.4) is 0 Å². The second-order valence-electron chi connectivity index (χ2n) is 6.22. The second-order valence-corrected chi connectivity index (χ2v) is 8.51. The van der Waals surface area contributed by atoms with Gasteiger partial charge in [-0.15, -0.1) is 23.1 Å². The fraction of sp³-hybridized carbons (Fsp3) is 0.429. The molecule has 0 atom stereocenters. The van der Waals surface area contributed by atoms with Crippen molar-refractivity contribution in [2.24, 2.45) is 0 Å². The van der Waals surface area contributed by atoms with E-state index in [2.05, 4.69) is 47.8 Å². The number of rotatable bonds is 9. The first-order valence-corrected chi connectivity index (χ1v) is 11.3. The van der Waals surface area contributed by atoms with Crippen LogP contribution in [0.2, 0.25) is 0 Å². The first-order valence-electron chi connectivity index (χ1n) is 9.50. The minimum absolute atomic E-state index is 0.681. The molecule has 0 spiro atoms. The molecule has 0 aliphatic carbocycles. The zero-order valence-corrected chi connectivity index (χ0v) is 18.1. The number of hydrogen-bond donors (Lipinski definition) is 0. The molecule has 6 heteroatoms. The molecule has 0 bridgehead atoms. The standard InChI is InChI=1S/C21H27N3OS2/c1-5-24(6-2)12-13-26-20-19-18(15(4)27-21(19)23-14-22-20)16-8-10-17(11-9-16)25-7-3/h8-11,14H,5-7,12-13H2,1-4H3. The Morgan fingerprint density at radius 1 is 1.07 bits per heavy atom. The lowest BCUT2D eigenvalue weighted by atomic mass is 10.0. The van der Waals surface area contributed by atoms with Crippen LogP contribution in [0.15, 0.2) is 35.6 Å². The average molecular weight is 402 g/mol. The Kier molecular flexibility index (Phi) is 7.10. The van der Waals surface area contributed by atoms with Crippen LogP contribution < -0.4 is 4.74 Å². The summed E-state index contributed by atoms with van der Waals surface area (Å²) in [4.78, 5) is 13.9. The van der Waals surface area contributed by atoms with Crippen LogP contribution in [0.5, 0.6) is 5.75 Å². The first kappa shape index (κ1) is 20.1. The summed E-state index contributed by atoms with van der Waals surface area (Å²) < 4.78 is 5.59. The summed E-state index contributed by atoms with van der Waals surface area (Å²) in [6.07, 6.45) is 1.69. The lowest BCUT2D eigenvalue weighted by Gasteiger charge is -2.17. The van der Waals surface area contributed by atoms with E-state index < -0.39 is 0 Å². The molecule has 0 saturated heterocycles. The molecule has 0 unspecified atom stereocenters. The van der Waals surface area contributed by atoms with E-state index >= 15 is 0 Å². The third-order valence-corrected chi connectivity index (χ3v) is 6.61. The monoisotopic (exact) mass is 401 g/mol. The molecule has 0 aliphatic rings. The molecule has 2 heterocycles. The van der Waals surface area contributed by atoms with E-state index in [1.54, 1.807) is 17.7 Å². The van der Waals surface area contributed by atoms with Crippen LogP contribution >= 0.6 is 23.1 Å². The van der Waals surface area contributed by atoms with Crippen molar-refractivity contribution in [3.63, 3.8) is 0 Å². The Bertz CT molecular complexity index is 873. The summed E-state index contributed by atoms with van der Waals surface area (Å²) in [5.41, 5.74) is 2.45. The Hall–Kier alpha value is -1.63. The summed E-state index contributed by atoms with van der Waals surface area (Å²) in [5, 5.41) is 2.27. The highest BCUT2D eigenvalue weighted by molar-refractivity contribution is 7.99. The molecule has 0 amide bonds. The van der Waals surface area contributed by atoms with Crippen molar-refractivity contribution < 1.29 is 4.74 Å². The fourth-order valence-electron chi connectivity index (χ4n) is 3.17. The van der Waals surface area contributed by atoms with Crippen LogP contribution in [0.4, 0.5) is 0 Å². The van der Waals surface area contributed by atoms with Crippen LogP contribution in [0.25, 0.3) is 21.3 Å². The highest BCUT2D eigenvalue weighted by Crippen LogP contribution is 2.41. The van der Waals surface area contributed by atoms with Gasteiger partial charge in [0, 0.05) is 22.7 Å². The number of ether oxygens (including phenoxy) is 1. The molecule has 144 valence electrons. The largest absolute Gasteiger partial charge is 0.494 e. The van der Waals surface area contributed by atoms with Crippen molar-refractivity contribution in [3.8, 4) is 16.9 Å². The molecule has 3 rings (SSSR count). The molecule has 27 heavy (non-hydrogen) atoms. The van der Waals surface area contributed by atoms with Gasteiger partial charge in [0.15, 0.2) is 0 Å². The molecule has 4 nitrogen and oxygen atoms in total. The third-order valence-electron chi connectivity index (χ3n) is 4.62. The molecular weight excluding hydrogens is 374 g/mol. The SMILES string of the molecule is CCOc1ccc(-c2c(C)sc3ncnc(SCCN(CC)CC)c23)cc1. The summed E-state index contributed by atoms with van der Waals surface area (Å²) in [6, 6.07) is 8.35. The van der Waals surface area contributed by atoms with Crippen molar-refractivity contribution in [1.29, 1.82) is 0 Å². The van der Waals surface area contributed by atoms with Gasteiger partial charge < -0.3 is 9.64 Å². The van der Waals surface area contributed by atoms with Crippen LogP contribution in [-0.2, 0) is 0 Å². The summed E-state index contributed by atoms with van der Waals surface area (Å²) >= 11 is 3.58. The van der Waals surface area contributed by atoms with Gasteiger partial charge in [-0.2, -0.15) is 0 Å². The Balaban J connectivity index is 1.92. The second kappa shape index (κ2) is 9.53. The Morgan fingerprint density at radius 3 is 2.48 bits per heavy atom. The topological polar surface area (TPSA) is 38.3 Å². The number of fused-ring (bicyclic) bond motifs is 1. The van der Waals surface area contributed by atoms with Gasteiger partial charge in [-0.25, -0.2) is 9.97 Å². The van der Waals surface area contributed by atoms with Crippen molar-refractivity contribution in [2.75, 3.05) is 32.0 Å². The predicted octanol–water partition coefficient (Wildman–Crippen LogP) is 5.50. The van der Waals surface area contributed by atoms with Crippen LogP contribution in [-0.4, -0.2) is 46.9 Å². The number of hydrogen-bond acceptors (Lipinski definition) is 6. The molecule has 1 aromatic carbocycles. The first-order chi connectivity index (χ1) is 13.2. The van der Waals surface area contributed by atoms with Crippen molar-refractivity contribution in [3.05, 3.63) is 35.5 Å². The van der Waals surface area contributed by atoms with Crippen LogP contribution in [0.1, 0.15) is 25.6 Å². The van der Waals surface area contributed by atoms with Gasteiger partial charge >= 0.3 is 0 Å². The maximum atomic E-state index is 5.59. The quantitative estimate of drug-likeness (QED) is 0.350. The average Bonchev–Trinajstić information content (AvgIpc) is 3.03. The van der Waals surface area contributed by atoms with Gasteiger partial charge in [-0.3, -0.25) is 0 Å². The minimum atomic E-state index is 0.681. The van der Waals surface area contributed by atoms with E-state index in [0.717, 1.165) is 41.0 Å². The molecular formula is C21H27N3OS2. The van der Waals surface area contributed by atoms with Crippen molar-refractivity contribution in [2.45, 2.75) is 32.7 Å². The zero-order chi connectivity index (χ0) is 19.2. The number of aromatic nitrogens is 2. The molecule has 2 aromatic heterocycles. The highest BCUT2D eigenvalue weighted by Gasteiger charge is 2.17. The summed E-state index contributed by atoms with van der Waals surface area (Å²) in [5.74, 6) is 1.94. The Labute approximate surface area is 170 Å². The molecule has 0 fully saturated rings. The number of benzene rings is 1. The number of aryl methyl sites for hydroxylation is 1. The van der Waals surface area contributed by atoms with Gasteiger partial charge in [-0.05, 0) is 44.6 Å². The number of nitrogens with zero attached hydrogens (tertiary/aromatic N) is 3. The van der Waals surface area contributed by atoms with Crippen molar-refractivity contribution in [1.82, 2.24) is 14.9 Å². The Morgan fingerprint density at radius 2 is 1.81 bits per heavy atom. The van der Waals surface area contributed by atoms with E-state index in [9.17, 15) is 0 Å². The third kappa shape index (κ3) is 4.62. The minimum Gasteiger partial charge on any atom is -0.494 e. The maximum Gasteiger partial charge on any atom is 0.128 e. The molecule has 0 radical (unpaired) electrons. The maximum absolute atomic E-state index is 5.59. The summed E-state index contributed by atoms with van der Waals surface area (Å²) in [7, 11) is 0. The van der Waals surface area contributed by atoms with Gasteiger partial charge in [0.25, 0.3) is 0 Å². The van der Waals surface area contributed by atoms with Gasteiger partial charge in [0.05, 0.1) is 12.0 Å². The van der Waals surface area contributed by atoms with E-state index in [4.69, 9.17) is 4.74 Å². The number of thioether (sulfide) groups is 1. The summed E-state index contributed by atoms with van der Waals surface area (Å²) in [6.45, 7) is 12.5. The van der Waals surface area contributed by atoms with E-state index in [0.29, 0.717) is 6.61 Å².